The SMILES string of the molecule is O=Cc1cccc(OCC(=O)NC23CC4CC(CC(C4)C2)C3)c1. The maximum absolute atomic E-state index is 12.3. The van der Waals surface area contributed by atoms with Crippen LogP contribution in [0.5, 0.6) is 5.75 Å². The predicted molar refractivity (Wildman–Crippen MR) is 86.4 cm³/mol. The summed E-state index contributed by atoms with van der Waals surface area (Å²) in [7, 11) is 0. The van der Waals surface area contributed by atoms with Crippen LogP contribution in [0, 0.1) is 17.8 Å². The van der Waals surface area contributed by atoms with E-state index in [1.165, 1.54) is 19.3 Å². The molecule has 0 radical (unpaired) electrons. The van der Waals surface area contributed by atoms with Gasteiger partial charge in [0.1, 0.15) is 12.0 Å². The van der Waals surface area contributed by atoms with Gasteiger partial charge in [-0.05, 0) is 68.4 Å². The normalized spacial score (nSPS) is 34.2. The minimum absolute atomic E-state index is 0.0179. The zero-order chi connectivity index (χ0) is 15.9. The van der Waals surface area contributed by atoms with E-state index >= 15 is 0 Å². The Morgan fingerprint density at radius 2 is 1.83 bits per heavy atom. The molecule has 4 fully saturated rings. The van der Waals surface area contributed by atoms with Gasteiger partial charge >= 0.3 is 0 Å². The Bertz CT molecular complexity index is 590. The lowest BCUT2D eigenvalue weighted by atomic mass is 9.53. The van der Waals surface area contributed by atoms with E-state index in [4.69, 9.17) is 4.74 Å². The third-order valence-electron chi connectivity index (χ3n) is 5.81. The highest BCUT2D eigenvalue weighted by Gasteiger charge is 2.51. The Balaban J connectivity index is 1.36. The van der Waals surface area contributed by atoms with Crippen molar-refractivity contribution in [2.75, 3.05) is 6.61 Å². The lowest BCUT2D eigenvalue weighted by Crippen LogP contribution is -2.60. The Morgan fingerprint density at radius 3 is 2.43 bits per heavy atom. The van der Waals surface area contributed by atoms with Gasteiger partial charge in [-0.25, -0.2) is 0 Å². The molecule has 4 nitrogen and oxygen atoms in total. The Kier molecular flexibility index (Phi) is 3.63. The number of ether oxygens (including phenoxy) is 1. The molecule has 0 aliphatic heterocycles. The molecule has 1 aromatic rings. The van der Waals surface area contributed by atoms with E-state index < -0.39 is 0 Å². The van der Waals surface area contributed by atoms with Gasteiger partial charge in [0.25, 0.3) is 5.91 Å². The Morgan fingerprint density at radius 1 is 1.17 bits per heavy atom. The maximum Gasteiger partial charge on any atom is 0.258 e. The van der Waals surface area contributed by atoms with Crippen LogP contribution in [-0.4, -0.2) is 24.3 Å². The number of hydrogen-bond acceptors (Lipinski definition) is 3. The number of hydrogen-bond donors (Lipinski definition) is 1. The standard InChI is InChI=1S/C19H23NO3/c21-11-13-2-1-3-17(7-13)23-12-18(22)20-19-8-14-4-15(9-19)6-16(5-14)10-19/h1-3,7,11,14-16H,4-6,8-10,12H2,(H,20,22). The summed E-state index contributed by atoms with van der Waals surface area (Å²) in [4.78, 5) is 23.1. The van der Waals surface area contributed by atoms with E-state index in [0.29, 0.717) is 11.3 Å². The molecule has 4 aliphatic rings. The molecule has 5 rings (SSSR count). The number of rotatable bonds is 5. The fourth-order valence-corrected chi connectivity index (χ4v) is 5.42. The van der Waals surface area contributed by atoms with Gasteiger partial charge in [-0.2, -0.15) is 0 Å². The van der Waals surface area contributed by atoms with Gasteiger partial charge in [-0.1, -0.05) is 12.1 Å². The van der Waals surface area contributed by atoms with Crippen molar-refractivity contribution in [2.24, 2.45) is 17.8 Å². The molecule has 0 unspecified atom stereocenters. The van der Waals surface area contributed by atoms with Gasteiger partial charge in [-0.15, -0.1) is 0 Å². The van der Waals surface area contributed by atoms with E-state index in [0.717, 1.165) is 43.3 Å². The van der Waals surface area contributed by atoms with Crippen molar-refractivity contribution < 1.29 is 14.3 Å². The second-order valence-corrected chi connectivity index (χ2v) is 7.73. The summed E-state index contributed by atoms with van der Waals surface area (Å²) in [6, 6.07) is 6.90. The highest BCUT2D eigenvalue weighted by atomic mass is 16.5. The quantitative estimate of drug-likeness (QED) is 0.850. The van der Waals surface area contributed by atoms with Gasteiger partial charge in [0.05, 0.1) is 0 Å². The van der Waals surface area contributed by atoms with Crippen LogP contribution in [0.1, 0.15) is 48.9 Å². The van der Waals surface area contributed by atoms with Gasteiger partial charge in [0.15, 0.2) is 6.61 Å². The van der Waals surface area contributed by atoms with Crippen molar-refractivity contribution in [3.63, 3.8) is 0 Å². The lowest BCUT2D eigenvalue weighted by molar-refractivity contribution is -0.128. The van der Waals surface area contributed by atoms with Gasteiger partial charge < -0.3 is 10.1 Å². The minimum atomic E-state index is -0.0385. The number of amides is 1. The average molecular weight is 313 g/mol. The van der Waals surface area contributed by atoms with Gasteiger partial charge in [-0.3, -0.25) is 9.59 Å². The lowest BCUT2D eigenvalue weighted by Gasteiger charge is -2.56. The zero-order valence-electron chi connectivity index (χ0n) is 13.3. The summed E-state index contributed by atoms with van der Waals surface area (Å²) in [5, 5.41) is 3.29. The van der Waals surface area contributed by atoms with Crippen molar-refractivity contribution in [3.8, 4) is 5.75 Å². The first-order valence-electron chi connectivity index (χ1n) is 8.63. The largest absolute Gasteiger partial charge is 0.484 e. The van der Waals surface area contributed by atoms with Crippen LogP contribution >= 0.6 is 0 Å². The molecule has 0 atom stereocenters. The summed E-state index contributed by atoms with van der Waals surface area (Å²) < 4.78 is 5.55. The van der Waals surface area contributed by atoms with Crippen molar-refractivity contribution in [2.45, 2.75) is 44.1 Å². The maximum atomic E-state index is 12.3. The molecule has 23 heavy (non-hydrogen) atoms. The summed E-state index contributed by atoms with van der Waals surface area (Å²) in [6.45, 7) is 0.0179. The highest BCUT2D eigenvalue weighted by molar-refractivity contribution is 5.79. The Hall–Kier alpha value is -1.84. The zero-order valence-corrected chi connectivity index (χ0v) is 13.3. The van der Waals surface area contributed by atoms with Crippen LogP contribution < -0.4 is 10.1 Å². The molecule has 0 saturated heterocycles. The summed E-state index contributed by atoms with van der Waals surface area (Å²) in [5.41, 5.74) is 0.587. The number of aldehydes is 1. The second-order valence-electron chi connectivity index (χ2n) is 7.73. The predicted octanol–water partition coefficient (Wildman–Crippen LogP) is 2.96. The molecule has 4 saturated carbocycles. The van der Waals surface area contributed by atoms with Crippen molar-refractivity contribution >= 4 is 12.2 Å². The van der Waals surface area contributed by atoms with Crippen LogP contribution in [0.15, 0.2) is 24.3 Å². The fourth-order valence-electron chi connectivity index (χ4n) is 5.42. The van der Waals surface area contributed by atoms with Crippen molar-refractivity contribution in [1.82, 2.24) is 5.32 Å². The second kappa shape index (κ2) is 5.66. The average Bonchev–Trinajstić information content (AvgIpc) is 2.51. The fraction of sp³-hybridized carbons (Fsp3) is 0.579. The first kappa shape index (κ1) is 14.7. The monoisotopic (exact) mass is 313 g/mol. The van der Waals surface area contributed by atoms with Crippen molar-refractivity contribution in [3.05, 3.63) is 29.8 Å². The minimum Gasteiger partial charge on any atom is -0.484 e. The number of benzene rings is 1. The molecular formula is C19H23NO3. The molecule has 1 amide bonds. The number of carbonyl (C=O) groups is 2. The van der Waals surface area contributed by atoms with Gasteiger partial charge in [0, 0.05) is 11.1 Å². The smallest absolute Gasteiger partial charge is 0.258 e. The molecule has 0 spiro atoms. The van der Waals surface area contributed by atoms with Crippen LogP contribution in [0.4, 0.5) is 0 Å². The molecule has 4 aliphatic carbocycles. The number of carbonyl (C=O) groups excluding carboxylic acids is 2. The molecule has 1 aromatic carbocycles. The van der Waals surface area contributed by atoms with Crippen molar-refractivity contribution in [1.29, 1.82) is 0 Å². The molecule has 0 heterocycles. The van der Waals surface area contributed by atoms with Gasteiger partial charge in [0.2, 0.25) is 0 Å². The van der Waals surface area contributed by atoms with Crippen LogP contribution in [-0.2, 0) is 4.79 Å². The third-order valence-corrected chi connectivity index (χ3v) is 5.81. The molecule has 4 heteroatoms. The third kappa shape index (κ3) is 2.99. The topological polar surface area (TPSA) is 55.4 Å². The van der Waals surface area contributed by atoms with Crippen LogP contribution in [0.25, 0.3) is 0 Å². The van der Waals surface area contributed by atoms with E-state index in [-0.39, 0.29) is 18.1 Å². The first-order valence-corrected chi connectivity index (χ1v) is 8.63. The molecule has 1 N–H and O–H groups in total. The molecule has 0 aromatic heterocycles. The van der Waals surface area contributed by atoms with E-state index in [1.807, 2.05) is 0 Å². The van der Waals surface area contributed by atoms with Crippen LogP contribution in [0.3, 0.4) is 0 Å². The molecule has 122 valence electrons. The molecule has 4 bridgehead atoms. The number of nitrogens with one attached hydrogen (secondary N) is 1. The summed E-state index contributed by atoms with van der Waals surface area (Å²) in [6.07, 6.45) is 8.31. The Labute approximate surface area is 136 Å². The summed E-state index contributed by atoms with van der Waals surface area (Å²) in [5.74, 6) is 2.96. The van der Waals surface area contributed by atoms with Crippen LogP contribution in [0.2, 0.25) is 0 Å². The van der Waals surface area contributed by atoms with E-state index in [1.54, 1.807) is 24.3 Å². The van der Waals surface area contributed by atoms with E-state index in [9.17, 15) is 9.59 Å². The molecular weight excluding hydrogens is 290 g/mol. The first-order chi connectivity index (χ1) is 11.1. The summed E-state index contributed by atoms with van der Waals surface area (Å²) >= 11 is 0. The highest BCUT2D eigenvalue weighted by Crippen LogP contribution is 2.55. The van der Waals surface area contributed by atoms with E-state index in [2.05, 4.69) is 5.32 Å².